The molecule has 0 unspecified atom stereocenters. The maximum absolute atomic E-state index is 11.5. The molecule has 0 fully saturated rings. The van der Waals surface area contributed by atoms with Crippen molar-refractivity contribution in [3.8, 4) is 11.1 Å². The van der Waals surface area contributed by atoms with Gasteiger partial charge in [-0.05, 0) is 35.9 Å². The number of amides is 1. The lowest BCUT2D eigenvalue weighted by molar-refractivity contribution is 0.100. The van der Waals surface area contributed by atoms with E-state index in [1.807, 2.05) is 0 Å². The number of halogens is 4. The molecule has 0 aliphatic carbocycles. The van der Waals surface area contributed by atoms with Crippen LogP contribution in [0.1, 0.15) is 10.4 Å². The van der Waals surface area contributed by atoms with Gasteiger partial charge in [-0.2, -0.15) is 0 Å². The van der Waals surface area contributed by atoms with Crippen molar-refractivity contribution in [2.24, 2.45) is 5.73 Å². The second-order valence-electron chi connectivity index (χ2n) is 3.77. The number of rotatable bonds is 2. The highest BCUT2D eigenvalue weighted by molar-refractivity contribution is 6.46. The van der Waals surface area contributed by atoms with Gasteiger partial charge in [0.15, 0.2) is 0 Å². The summed E-state index contributed by atoms with van der Waals surface area (Å²) < 4.78 is 0. The molecule has 2 rings (SSSR count). The molecule has 2 aromatic rings. The molecule has 2 N–H and O–H groups in total. The van der Waals surface area contributed by atoms with Crippen molar-refractivity contribution in [1.29, 1.82) is 0 Å². The van der Waals surface area contributed by atoms with E-state index in [0.717, 1.165) is 0 Å². The first-order valence-corrected chi connectivity index (χ1v) is 6.66. The van der Waals surface area contributed by atoms with Crippen LogP contribution in [-0.2, 0) is 0 Å². The zero-order valence-electron chi connectivity index (χ0n) is 9.38. The summed E-state index contributed by atoms with van der Waals surface area (Å²) in [7, 11) is 0. The average molecular weight is 335 g/mol. The highest BCUT2D eigenvalue weighted by atomic mass is 35.5. The van der Waals surface area contributed by atoms with Crippen LogP contribution in [0.4, 0.5) is 0 Å². The number of carbonyl (C=O) groups is 1. The van der Waals surface area contributed by atoms with Crippen molar-refractivity contribution >= 4 is 52.3 Å². The van der Waals surface area contributed by atoms with Crippen molar-refractivity contribution < 1.29 is 4.79 Å². The summed E-state index contributed by atoms with van der Waals surface area (Å²) in [4.78, 5) is 11.5. The molecule has 2 nitrogen and oxygen atoms in total. The number of carbonyl (C=O) groups excluding carboxylic acids is 1. The maximum atomic E-state index is 11.5. The number of primary amides is 1. The van der Waals surface area contributed by atoms with E-state index in [-0.39, 0.29) is 10.6 Å². The van der Waals surface area contributed by atoms with E-state index in [9.17, 15) is 4.79 Å². The Balaban J connectivity index is 2.82. The molecule has 0 saturated heterocycles. The maximum Gasteiger partial charge on any atom is 0.249 e. The van der Waals surface area contributed by atoms with Gasteiger partial charge in [-0.15, -0.1) is 0 Å². The van der Waals surface area contributed by atoms with E-state index in [2.05, 4.69) is 0 Å². The molecule has 1 amide bonds. The molecule has 0 aromatic heterocycles. The van der Waals surface area contributed by atoms with Crippen LogP contribution in [0.25, 0.3) is 11.1 Å². The summed E-state index contributed by atoms with van der Waals surface area (Å²) in [5.41, 5.74) is 6.51. The van der Waals surface area contributed by atoms with Crippen molar-refractivity contribution in [3.05, 3.63) is 56.0 Å². The Morgan fingerprint density at radius 3 is 2.21 bits per heavy atom. The van der Waals surface area contributed by atoms with Crippen molar-refractivity contribution in [1.82, 2.24) is 0 Å². The topological polar surface area (TPSA) is 43.1 Å². The van der Waals surface area contributed by atoms with Gasteiger partial charge in [-0.25, -0.2) is 0 Å². The molecule has 6 heteroatoms. The van der Waals surface area contributed by atoms with Crippen molar-refractivity contribution in [2.45, 2.75) is 0 Å². The van der Waals surface area contributed by atoms with E-state index in [1.165, 1.54) is 6.07 Å². The first-order valence-electron chi connectivity index (χ1n) is 5.15. The molecular weight excluding hydrogens is 328 g/mol. The van der Waals surface area contributed by atoms with Gasteiger partial charge in [0.2, 0.25) is 5.91 Å². The Bertz CT molecular complexity index is 670. The predicted molar refractivity (Wildman–Crippen MR) is 80.4 cm³/mol. The number of nitrogens with two attached hydrogens (primary N) is 1. The Morgan fingerprint density at radius 2 is 1.58 bits per heavy atom. The lowest BCUT2D eigenvalue weighted by Crippen LogP contribution is -2.12. The van der Waals surface area contributed by atoms with Crippen molar-refractivity contribution in [2.75, 3.05) is 0 Å². The minimum atomic E-state index is -0.598. The minimum Gasteiger partial charge on any atom is -0.366 e. The predicted octanol–water partition coefficient (Wildman–Crippen LogP) is 5.07. The second-order valence-corrected chi connectivity index (χ2v) is 5.40. The van der Waals surface area contributed by atoms with Gasteiger partial charge in [0, 0.05) is 16.1 Å². The zero-order valence-corrected chi connectivity index (χ0v) is 12.4. The van der Waals surface area contributed by atoms with Gasteiger partial charge in [0.25, 0.3) is 0 Å². The smallest absolute Gasteiger partial charge is 0.249 e. The minimum absolute atomic E-state index is 0.249. The third-order valence-electron chi connectivity index (χ3n) is 2.56. The van der Waals surface area contributed by atoms with E-state index in [0.29, 0.717) is 26.2 Å². The molecule has 0 heterocycles. The molecule has 0 aliphatic heterocycles. The summed E-state index contributed by atoms with van der Waals surface area (Å²) in [6.45, 7) is 0. The first-order chi connectivity index (χ1) is 8.91. The molecule has 19 heavy (non-hydrogen) atoms. The molecule has 0 saturated carbocycles. The van der Waals surface area contributed by atoms with Gasteiger partial charge in [0.1, 0.15) is 0 Å². The molecule has 2 aromatic carbocycles. The summed E-state index contributed by atoms with van der Waals surface area (Å²) in [5.74, 6) is -0.598. The Kier molecular flexibility index (Phi) is 4.26. The number of benzene rings is 2. The van der Waals surface area contributed by atoms with E-state index in [4.69, 9.17) is 52.1 Å². The highest BCUT2D eigenvalue weighted by Crippen LogP contribution is 2.41. The summed E-state index contributed by atoms with van der Waals surface area (Å²) >= 11 is 24.2. The fourth-order valence-corrected chi connectivity index (χ4v) is 2.62. The highest BCUT2D eigenvalue weighted by Gasteiger charge is 2.17. The number of hydrogen-bond acceptors (Lipinski definition) is 1. The average Bonchev–Trinajstić information content (AvgIpc) is 2.34. The van der Waals surface area contributed by atoms with E-state index < -0.39 is 5.91 Å². The Morgan fingerprint density at radius 1 is 0.947 bits per heavy atom. The fraction of sp³-hybridized carbons (Fsp3) is 0. The lowest BCUT2D eigenvalue weighted by Gasteiger charge is -2.12. The van der Waals surface area contributed by atoms with Gasteiger partial charge in [-0.3, -0.25) is 4.79 Å². The largest absolute Gasteiger partial charge is 0.366 e. The lowest BCUT2D eigenvalue weighted by atomic mass is 9.99. The van der Waals surface area contributed by atoms with Crippen LogP contribution in [0, 0.1) is 0 Å². The summed E-state index contributed by atoms with van der Waals surface area (Å²) in [6.07, 6.45) is 0. The molecule has 0 radical (unpaired) electrons. The SMILES string of the molecule is NC(=O)c1ccc(Cl)cc1-c1c(Cl)ccc(Cl)c1Cl. The van der Waals surface area contributed by atoms with E-state index in [1.54, 1.807) is 24.3 Å². The van der Waals surface area contributed by atoms with Gasteiger partial charge < -0.3 is 5.73 Å². The summed E-state index contributed by atoms with van der Waals surface area (Å²) in [6, 6.07) is 7.83. The van der Waals surface area contributed by atoms with Gasteiger partial charge in [0.05, 0.1) is 15.1 Å². The van der Waals surface area contributed by atoms with Crippen LogP contribution < -0.4 is 5.73 Å². The van der Waals surface area contributed by atoms with Gasteiger partial charge >= 0.3 is 0 Å². The van der Waals surface area contributed by atoms with Crippen LogP contribution in [0.5, 0.6) is 0 Å². The fourth-order valence-electron chi connectivity index (χ4n) is 1.71. The van der Waals surface area contributed by atoms with E-state index >= 15 is 0 Å². The van der Waals surface area contributed by atoms with Crippen LogP contribution >= 0.6 is 46.4 Å². The molecule has 0 bridgehead atoms. The first kappa shape index (κ1) is 14.5. The molecular formula is C13H7Cl4NO. The molecule has 0 atom stereocenters. The molecule has 98 valence electrons. The van der Waals surface area contributed by atoms with Gasteiger partial charge in [-0.1, -0.05) is 46.4 Å². The molecule has 0 spiro atoms. The third kappa shape index (κ3) is 2.82. The Labute approximate surface area is 130 Å². The summed E-state index contributed by atoms with van der Waals surface area (Å²) in [5, 5.41) is 1.38. The Hall–Kier alpha value is -0.930. The number of hydrogen-bond donors (Lipinski definition) is 1. The van der Waals surface area contributed by atoms with Crippen molar-refractivity contribution in [3.63, 3.8) is 0 Å². The third-order valence-corrected chi connectivity index (χ3v) is 3.91. The zero-order chi connectivity index (χ0) is 14.2. The standard InChI is InChI=1S/C13H7Cl4NO/c14-6-1-2-7(13(18)19)8(5-6)11-9(15)3-4-10(16)12(11)17/h1-5H,(H2,18,19). The van der Waals surface area contributed by atoms with Crippen LogP contribution in [-0.4, -0.2) is 5.91 Å². The van der Waals surface area contributed by atoms with Crippen LogP contribution in [0.3, 0.4) is 0 Å². The van der Waals surface area contributed by atoms with Crippen LogP contribution in [0.15, 0.2) is 30.3 Å². The molecule has 0 aliphatic rings. The second kappa shape index (κ2) is 5.59. The quantitative estimate of drug-likeness (QED) is 0.766. The monoisotopic (exact) mass is 333 g/mol. The normalized spacial score (nSPS) is 10.5. The van der Waals surface area contributed by atoms with Crippen LogP contribution in [0.2, 0.25) is 20.1 Å².